The highest BCUT2D eigenvalue weighted by molar-refractivity contribution is 6.05. The van der Waals surface area contributed by atoms with Crippen molar-refractivity contribution in [2.45, 2.75) is 19.8 Å². The van der Waals surface area contributed by atoms with Crippen LogP contribution < -0.4 is 10.1 Å². The quantitative estimate of drug-likeness (QED) is 0.321. The molecule has 2 aromatic rings. The second kappa shape index (κ2) is 9.96. The summed E-state index contributed by atoms with van der Waals surface area (Å²) in [5.74, 6) is -0.143. The topological polar surface area (TPSA) is 97.2 Å². The van der Waals surface area contributed by atoms with Crippen molar-refractivity contribution < 1.29 is 24.3 Å². The van der Waals surface area contributed by atoms with E-state index in [1.54, 1.807) is 55.6 Å². The zero-order chi connectivity index (χ0) is 19.6. The van der Waals surface area contributed by atoms with Crippen LogP contribution in [0, 0.1) is 0 Å². The van der Waals surface area contributed by atoms with Gasteiger partial charge in [0.25, 0.3) is 0 Å². The lowest BCUT2D eigenvalue weighted by Crippen LogP contribution is -2.18. The maximum atomic E-state index is 12.4. The fraction of sp³-hybridized carbons (Fsp3) is 0.250. The van der Waals surface area contributed by atoms with E-state index < -0.39 is 5.97 Å². The number of anilines is 1. The van der Waals surface area contributed by atoms with E-state index in [1.807, 2.05) is 6.92 Å². The molecule has 0 heterocycles. The number of methoxy groups -OCH3 is 1. The Labute approximate surface area is 157 Å². The number of hydrogen-bond donors (Lipinski definition) is 2. The average molecular weight is 370 g/mol. The van der Waals surface area contributed by atoms with Crippen molar-refractivity contribution >= 4 is 23.3 Å². The lowest BCUT2D eigenvalue weighted by molar-refractivity contribution is -0.116. The molecule has 0 unspecified atom stereocenters. The summed E-state index contributed by atoms with van der Waals surface area (Å²) in [5, 5.41) is 15.1. The van der Waals surface area contributed by atoms with Crippen molar-refractivity contribution in [3.05, 3.63) is 59.7 Å². The van der Waals surface area contributed by atoms with Crippen molar-refractivity contribution in [1.29, 1.82) is 0 Å². The van der Waals surface area contributed by atoms with Crippen LogP contribution in [0.25, 0.3) is 0 Å². The molecular weight excluding hydrogens is 348 g/mol. The Balaban J connectivity index is 2.07. The van der Waals surface area contributed by atoms with Crippen LogP contribution in [0.5, 0.6) is 5.75 Å². The Bertz CT molecular complexity index is 815. The van der Waals surface area contributed by atoms with Gasteiger partial charge in [-0.1, -0.05) is 24.2 Å². The SMILES string of the molecule is CCCC(=O)Nc1ccccc1C(=O)OC/C(=N\O)c1ccc(OC)cc1. The van der Waals surface area contributed by atoms with Crippen LogP contribution in [0.1, 0.15) is 35.7 Å². The third kappa shape index (κ3) is 5.57. The molecule has 2 rings (SSSR count). The lowest BCUT2D eigenvalue weighted by atomic mass is 10.1. The third-order valence-electron chi connectivity index (χ3n) is 3.78. The van der Waals surface area contributed by atoms with Crippen LogP contribution in [0.2, 0.25) is 0 Å². The lowest BCUT2D eigenvalue weighted by Gasteiger charge is -2.11. The number of amides is 1. The van der Waals surface area contributed by atoms with Gasteiger partial charge >= 0.3 is 5.97 Å². The average Bonchev–Trinajstić information content (AvgIpc) is 2.69. The monoisotopic (exact) mass is 370 g/mol. The summed E-state index contributed by atoms with van der Waals surface area (Å²) in [4.78, 5) is 24.2. The Kier molecular flexibility index (Phi) is 7.37. The first-order valence-corrected chi connectivity index (χ1v) is 8.50. The molecule has 0 aliphatic rings. The smallest absolute Gasteiger partial charge is 0.340 e. The summed E-state index contributed by atoms with van der Waals surface area (Å²) in [6, 6.07) is 13.4. The van der Waals surface area contributed by atoms with Gasteiger partial charge in [0, 0.05) is 12.0 Å². The molecule has 0 radical (unpaired) electrons. The summed E-state index contributed by atoms with van der Waals surface area (Å²) in [7, 11) is 1.55. The summed E-state index contributed by atoms with van der Waals surface area (Å²) in [6.45, 7) is 1.67. The molecule has 0 saturated heterocycles. The van der Waals surface area contributed by atoms with Gasteiger partial charge < -0.3 is 20.0 Å². The number of ether oxygens (including phenoxy) is 2. The minimum absolute atomic E-state index is 0.173. The highest BCUT2D eigenvalue weighted by Crippen LogP contribution is 2.17. The van der Waals surface area contributed by atoms with Crippen molar-refractivity contribution in [3.63, 3.8) is 0 Å². The molecule has 0 aromatic heterocycles. The van der Waals surface area contributed by atoms with Crippen LogP contribution in [0.3, 0.4) is 0 Å². The van der Waals surface area contributed by atoms with Gasteiger partial charge in [-0.3, -0.25) is 4.79 Å². The molecule has 2 aromatic carbocycles. The summed E-state index contributed by atoms with van der Waals surface area (Å²) in [5.41, 5.74) is 1.40. The molecular formula is C20H22N2O5. The predicted molar refractivity (Wildman–Crippen MR) is 102 cm³/mol. The highest BCUT2D eigenvalue weighted by atomic mass is 16.5. The standard InChI is InChI=1S/C20H22N2O5/c1-3-6-19(23)21-17-8-5-4-7-16(17)20(24)27-13-18(22-25)14-9-11-15(26-2)12-10-14/h4-5,7-12,25H,3,6,13H2,1-2H3,(H,21,23)/b22-18+. The summed E-state index contributed by atoms with van der Waals surface area (Å²) >= 11 is 0. The van der Waals surface area contributed by atoms with Crippen LogP contribution in [-0.2, 0) is 9.53 Å². The molecule has 0 spiro atoms. The van der Waals surface area contributed by atoms with Gasteiger partial charge in [0.15, 0.2) is 0 Å². The number of para-hydroxylation sites is 1. The first-order chi connectivity index (χ1) is 13.1. The van der Waals surface area contributed by atoms with Gasteiger partial charge in [-0.15, -0.1) is 0 Å². The maximum Gasteiger partial charge on any atom is 0.340 e. The van der Waals surface area contributed by atoms with Crippen molar-refractivity contribution in [1.82, 2.24) is 0 Å². The van der Waals surface area contributed by atoms with Crippen LogP contribution in [0.15, 0.2) is 53.7 Å². The van der Waals surface area contributed by atoms with Gasteiger partial charge in [-0.05, 0) is 42.8 Å². The van der Waals surface area contributed by atoms with E-state index in [0.29, 0.717) is 29.8 Å². The Morgan fingerprint density at radius 1 is 1.11 bits per heavy atom. The number of benzene rings is 2. The van der Waals surface area contributed by atoms with E-state index in [-0.39, 0.29) is 23.8 Å². The minimum Gasteiger partial charge on any atom is -0.497 e. The number of carbonyl (C=O) groups excluding carboxylic acids is 2. The van der Waals surface area contributed by atoms with E-state index >= 15 is 0 Å². The number of carbonyl (C=O) groups is 2. The van der Waals surface area contributed by atoms with Gasteiger partial charge in [0.1, 0.15) is 18.1 Å². The van der Waals surface area contributed by atoms with E-state index in [1.165, 1.54) is 0 Å². The molecule has 1 amide bonds. The minimum atomic E-state index is -0.628. The third-order valence-corrected chi connectivity index (χ3v) is 3.78. The second-order valence-electron chi connectivity index (χ2n) is 5.70. The first kappa shape index (κ1) is 20.0. The predicted octanol–water partition coefficient (Wildman–Crippen LogP) is 3.47. The zero-order valence-corrected chi connectivity index (χ0v) is 15.3. The molecule has 0 fully saturated rings. The van der Waals surface area contributed by atoms with E-state index in [4.69, 9.17) is 9.47 Å². The van der Waals surface area contributed by atoms with E-state index in [0.717, 1.165) is 0 Å². The first-order valence-electron chi connectivity index (χ1n) is 8.50. The zero-order valence-electron chi connectivity index (χ0n) is 15.3. The molecule has 0 aliphatic carbocycles. The highest BCUT2D eigenvalue weighted by Gasteiger charge is 2.16. The molecule has 7 nitrogen and oxygen atoms in total. The molecule has 0 aliphatic heterocycles. The number of nitrogens with one attached hydrogen (secondary N) is 1. The molecule has 0 bridgehead atoms. The van der Waals surface area contributed by atoms with Gasteiger partial charge in [-0.2, -0.15) is 0 Å². The fourth-order valence-electron chi connectivity index (χ4n) is 2.37. The molecule has 0 saturated carbocycles. The van der Waals surface area contributed by atoms with E-state index in [2.05, 4.69) is 10.5 Å². The molecule has 2 N–H and O–H groups in total. The summed E-state index contributed by atoms with van der Waals surface area (Å²) in [6.07, 6.45) is 1.07. The van der Waals surface area contributed by atoms with Crippen molar-refractivity contribution in [2.24, 2.45) is 5.16 Å². The van der Waals surface area contributed by atoms with Crippen LogP contribution in [-0.4, -0.2) is 36.5 Å². The van der Waals surface area contributed by atoms with E-state index in [9.17, 15) is 14.8 Å². The largest absolute Gasteiger partial charge is 0.497 e. The Morgan fingerprint density at radius 3 is 2.44 bits per heavy atom. The number of hydrogen-bond acceptors (Lipinski definition) is 6. The Morgan fingerprint density at radius 2 is 1.81 bits per heavy atom. The van der Waals surface area contributed by atoms with Gasteiger partial charge in [0.2, 0.25) is 5.91 Å². The number of nitrogens with zero attached hydrogens (tertiary/aromatic N) is 1. The number of esters is 1. The normalized spacial score (nSPS) is 11.0. The van der Waals surface area contributed by atoms with Crippen LogP contribution >= 0.6 is 0 Å². The maximum absolute atomic E-state index is 12.4. The van der Waals surface area contributed by atoms with Crippen molar-refractivity contribution in [3.8, 4) is 5.75 Å². The number of oxime groups is 1. The molecule has 142 valence electrons. The van der Waals surface area contributed by atoms with Gasteiger partial charge in [0.05, 0.1) is 18.4 Å². The second-order valence-corrected chi connectivity index (χ2v) is 5.70. The molecule has 7 heteroatoms. The molecule has 27 heavy (non-hydrogen) atoms. The Hall–Kier alpha value is -3.35. The fourth-order valence-corrected chi connectivity index (χ4v) is 2.37. The number of rotatable bonds is 8. The molecule has 0 atom stereocenters. The summed E-state index contributed by atoms with van der Waals surface area (Å²) < 4.78 is 10.3. The van der Waals surface area contributed by atoms with Crippen molar-refractivity contribution in [2.75, 3.05) is 19.0 Å². The van der Waals surface area contributed by atoms with Crippen LogP contribution in [0.4, 0.5) is 5.69 Å². The van der Waals surface area contributed by atoms with Gasteiger partial charge in [-0.25, -0.2) is 4.79 Å².